The van der Waals surface area contributed by atoms with Crippen molar-refractivity contribution in [1.29, 1.82) is 0 Å². The summed E-state index contributed by atoms with van der Waals surface area (Å²) in [6.07, 6.45) is 4.88. The van der Waals surface area contributed by atoms with E-state index in [1.165, 1.54) is 5.57 Å². The molecule has 1 aliphatic carbocycles. The highest BCUT2D eigenvalue weighted by Crippen LogP contribution is 2.41. The van der Waals surface area contributed by atoms with Crippen molar-refractivity contribution in [3.05, 3.63) is 60.2 Å². The lowest BCUT2D eigenvalue weighted by molar-refractivity contribution is -0.147. The van der Waals surface area contributed by atoms with E-state index in [1.54, 1.807) is 0 Å². The molecule has 27 heavy (non-hydrogen) atoms. The van der Waals surface area contributed by atoms with E-state index < -0.39 is 17.4 Å². The molecule has 5 heteroatoms. The third kappa shape index (κ3) is 4.60. The second kappa shape index (κ2) is 7.87. The highest BCUT2D eigenvalue weighted by Gasteiger charge is 2.48. The molecule has 1 N–H and O–H groups in total. The van der Waals surface area contributed by atoms with Crippen molar-refractivity contribution < 1.29 is 19.0 Å². The van der Waals surface area contributed by atoms with Crippen LogP contribution < -0.4 is 5.32 Å². The van der Waals surface area contributed by atoms with Crippen LogP contribution in [0.25, 0.3) is 0 Å². The number of benzene rings is 1. The fraction of sp³-hybridized carbons (Fsp3) is 0.500. The Morgan fingerprint density at radius 1 is 1.37 bits per heavy atom. The number of amides is 1. The number of alkyl carbamates (subject to hydrolysis) is 1. The van der Waals surface area contributed by atoms with Crippen LogP contribution in [0.5, 0.6) is 0 Å². The number of nitrogens with one attached hydrogen (secondary N) is 1. The molecule has 1 aromatic carbocycles. The molecule has 5 nitrogen and oxygen atoms in total. The lowest BCUT2D eigenvalue weighted by Gasteiger charge is -2.43. The van der Waals surface area contributed by atoms with Gasteiger partial charge in [-0.05, 0) is 39.2 Å². The average Bonchev–Trinajstić information content (AvgIpc) is 3.02. The fourth-order valence-corrected chi connectivity index (χ4v) is 3.86. The van der Waals surface area contributed by atoms with Crippen LogP contribution in [-0.4, -0.2) is 30.1 Å². The van der Waals surface area contributed by atoms with Gasteiger partial charge in [-0.1, -0.05) is 48.1 Å². The number of rotatable bonds is 5. The number of allylic oxidation sites excluding steroid dienone is 1. The van der Waals surface area contributed by atoms with Crippen LogP contribution in [0.3, 0.4) is 0 Å². The number of hydrogen-bond donors (Lipinski definition) is 1. The predicted molar refractivity (Wildman–Crippen MR) is 104 cm³/mol. The molecule has 1 saturated heterocycles. The van der Waals surface area contributed by atoms with Gasteiger partial charge in [0.25, 0.3) is 0 Å². The van der Waals surface area contributed by atoms with Gasteiger partial charge in [-0.2, -0.15) is 0 Å². The van der Waals surface area contributed by atoms with Crippen LogP contribution in [0.15, 0.2) is 54.6 Å². The number of ether oxygens (including phenoxy) is 3. The molecule has 0 aromatic heterocycles. The van der Waals surface area contributed by atoms with Crippen LogP contribution in [-0.2, 0) is 20.8 Å². The van der Waals surface area contributed by atoms with Crippen molar-refractivity contribution >= 4 is 6.09 Å². The largest absolute Gasteiger partial charge is 0.445 e. The molecule has 1 aromatic rings. The zero-order chi connectivity index (χ0) is 19.5. The number of hydrogen-bond acceptors (Lipinski definition) is 4. The summed E-state index contributed by atoms with van der Waals surface area (Å²) >= 11 is 0. The second-order valence-corrected chi connectivity index (χ2v) is 7.86. The van der Waals surface area contributed by atoms with Gasteiger partial charge in [0.05, 0.1) is 18.2 Å². The molecule has 1 amide bonds. The Morgan fingerprint density at radius 2 is 2.11 bits per heavy atom. The highest BCUT2D eigenvalue weighted by molar-refractivity contribution is 5.69. The molecule has 0 unspecified atom stereocenters. The van der Waals surface area contributed by atoms with E-state index in [1.807, 2.05) is 50.3 Å². The maximum Gasteiger partial charge on any atom is 0.408 e. The summed E-state index contributed by atoms with van der Waals surface area (Å²) in [6, 6.07) is 9.63. The summed E-state index contributed by atoms with van der Waals surface area (Å²) in [5.41, 5.74) is 1.61. The molecule has 0 saturated carbocycles. The van der Waals surface area contributed by atoms with E-state index in [0.717, 1.165) is 12.0 Å². The molecule has 3 rings (SSSR count). The van der Waals surface area contributed by atoms with Gasteiger partial charge < -0.3 is 19.5 Å². The monoisotopic (exact) mass is 371 g/mol. The van der Waals surface area contributed by atoms with Crippen molar-refractivity contribution in [1.82, 2.24) is 5.32 Å². The summed E-state index contributed by atoms with van der Waals surface area (Å²) in [7, 11) is 0. The van der Waals surface area contributed by atoms with Gasteiger partial charge in [-0.3, -0.25) is 0 Å². The van der Waals surface area contributed by atoms with Crippen LogP contribution in [0.2, 0.25) is 0 Å². The van der Waals surface area contributed by atoms with Gasteiger partial charge in [-0.25, -0.2) is 4.79 Å². The van der Waals surface area contributed by atoms with E-state index in [4.69, 9.17) is 14.2 Å². The summed E-state index contributed by atoms with van der Waals surface area (Å²) < 4.78 is 17.3. The van der Waals surface area contributed by atoms with E-state index in [0.29, 0.717) is 13.0 Å². The van der Waals surface area contributed by atoms with E-state index in [-0.39, 0.29) is 18.6 Å². The van der Waals surface area contributed by atoms with Crippen LogP contribution in [0.4, 0.5) is 4.79 Å². The molecule has 1 heterocycles. The van der Waals surface area contributed by atoms with Gasteiger partial charge in [0, 0.05) is 5.92 Å². The molecule has 3 atom stereocenters. The Morgan fingerprint density at radius 3 is 2.74 bits per heavy atom. The summed E-state index contributed by atoms with van der Waals surface area (Å²) in [4.78, 5) is 12.5. The zero-order valence-electron chi connectivity index (χ0n) is 16.4. The fourth-order valence-electron chi connectivity index (χ4n) is 3.86. The standard InChI is InChI=1S/C22H29NO4/c1-5-22(23-20(24)25-14-17-9-7-6-8-10-17)12-11-16(2)13-18(22)19-15-26-21(3,4)27-19/h5-11,18-19H,1,12-15H2,2-4H3,(H,23,24)/t18-,19-,22+/m1/s1. The highest BCUT2D eigenvalue weighted by atomic mass is 16.7. The van der Waals surface area contributed by atoms with Crippen molar-refractivity contribution in [3.8, 4) is 0 Å². The molecule has 0 radical (unpaired) electrons. The molecule has 2 aliphatic rings. The Bertz CT molecular complexity index is 712. The van der Waals surface area contributed by atoms with Crippen molar-refractivity contribution in [2.75, 3.05) is 6.61 Å². The molecule has 0 bridgehead atoms. The van der Waals surface area contributed by atoms with E-state index >= 15 is 0 Å². The van der Waals surface area contributed by atoms with E-state index in [2.05, 4.69) is 24.9 Å². The third-order valence-corrected chi connectivity index (χ3v) is 5.38. The molecular weight excluding hydrogens is 342 g/mol. The Balaban J connectivity index is 1.72. The predicted octanol–water partition coefficient (Wildman–Crippen LogP) is 4.35. The first-order valence-corrected chi connectivity index (χ1v) is 9.43. The minimum Gasteiger partial charge on any atom is -0.445 e. The first kappa shape index (κ1) is 19.6. The van der Waals surface area contributed by atoms with Gasteiger partial charge in [-0.15, -0.1) is 6.58 Å². The summed E-state index contributed by atoms with van der Waals surface area (Å²) in [6.45, 7) is 10.7. The average molecular weight is 371 g/mol. The minimum absolute atomic E-state index is 0.0334. The van der Waals surface area contributed by atoms with Crippen molar-refractivity contribution in [2.45, 2.75) is 57.6 Å². The van der Waals surface area contributed by atoms with Gasteiger partial charge in [0.1, 0.15) is 6.61 Å². The second-order valence-electron chi connectivity index (χ2n) is 7.86. The maximum atomic E-state index is 12.5. The van der Waals surface area contributed by atoms with Crippen LogP contribution >= 0.6 is 0 Å². The summed E-state index contributed by atoms with van der Waals surface area (Å²) in [5, 5.41) is 3.07. The minimum atomic E-state index is -0.623. The number of carbonyl (C=O) groups is 1. The molecule has 1 aliphatic heterocycles. The topological polar surface area (TPSA) is 56.8 Å². The van der Waals surface area contributed by atoms with Gasteiger partial charge in [0.2, 0.25) is 0 Å². The quantitative estimate of drug-likeness (QED) is 0.782. The van der Waals surface area contributed by atoms with Crippen molar-refractivity contribution in [2.24, 2.45) is 5.92 Å². The molecule has 0 spiro atoms. The van der Waals surface area contributed by atoms with Crippen molar-refractivity contribution in [3.63, 3.8) is 0 Å². The lowest BCUT2D eigenvalue weighted by atomic mass is 9.71. The SMILES string of the molecule is C=C[C@]1(NC(=O)OCc2ccccc2)CC=C(C)C[C@@H]1[C@H]1COC(C)(C)O1. The Hall–Kier alpha value is -2.11. The first-order valence-electron chi connectivity index (χ1n) is 9.43. The Kier molecular flexibility index (Phi) is 5.72. The third-order valence-electron chi connectivity index (χ3n) is 5.38. The first-order chi connectivity index (χ1) is 12.8. The molecule has 1 fully saturated rings. The van der Waals surface area contributed by atoms with Crippen LogP contribution in [0.1, 0.15) is 39.2 Å². The van der Waals surface area contributed by atoms with E-state index in [9.17, 15) is 4.79 Å². The normalized spacial score (nSPS) is 29.7. The smallest absolute Gasteiger partial charge is 0.408 e. The summed E-state index contributed by atoms with van der Waals surface area (Å²) in [5.74, 6) is -0.577. The maximum absolute atomic E-state index is 12.5. The zero-order valence-corrected chi connectivity index (χ0v) is 16.4. The van der Waals surface area contributed by atoms with Gasteiger partial charge >= 0.3 is 6.09 Å². The van der Waals surface area contributed by atoms with Crippen LogP contribution in [0, 0.1) is 5.92 Å². The van der Waals surface area contributed by atoms with Gasteiger partial charge in [0.15, 0.2) is 5.79 Å². The molecular formula is C22H29NO4. The molecule has 146 valence electrons. The Labute approximate surface area is 161 Å². The lowest BCUT2D eigenvalue weighted by Crippen LogP contribution is -2.57. The number of carbonyl (C=O) groups excluding carboxylic acids is 1.